The molecule has 16 heavy (non-hydrogen) atoms. The first-order valence-corrected chi connectivity index (χ1v) is 6.14. The van der Waals surface area contributed by atoms with E-state index in [0.29, 0.717) is 0 Å². The number of hydrogen-bond acceptors (Lipinski definition) is 3. The van der Waals surface area contributed by atoms with Crippen molar-refractivity contribution < 1.29 is 9.15 Å². The molecule has 90 valence electrons. The first-order valence-electron chi connectivity index (χ1n) is 6.14. The molecule has 0 aromatic carbocycles. The van der Waals surface area contributed by atoms with Crippen molar-refractivity contribution in [1.82, 2.24) is 0 Å². The lowest BCUT2D eigenvalue weighted by Crippen LogP contribution is -2.29. The zero-order valence-electron chi connectivity index (χ0n) is 10.1. The van der Waals surface area contributed by atoms with Crippen LogP contribution in [0.5, 0.6) is 0 Å². The van der Waals surface area contributed by atoms with Gasteiger partial charge in [-0.2, -0.15) is 0 Å². The van der Waals surface area contributed by atoms with Gasteiger partial charge in [0.25, 0.3) is 0 Å². The van der Waals surface area contributed by atoms with Crippen LogP contribution in [-0.4, -0.2) is 12.6 Å². The van der Waals surface area contributed by atoms with Crippen molar-refractivity contribution in [1.29, 1.82) is 0 Å². The monoisotopic (exact) mass is 223 g/mol. The molecule has 0 saturated heterocycles. The molecule has 2 N–H and O–H groups in total. The Hall–Kier alpha value is -0.800. The fraction of sp³-hybridized carbons (Fsp3) is 0.692. The number of hydrogen-bond donors (Lipinski definition) is 1. The van der Waals surface area contributed by atoms with E-state index in [1.54, 1.807) is 0 Å². The quantitative estimate of drug-likeness (QED) is 0.806. The summed E-state index contributed by atoms with van der Waals surface area (Å²) < 4.78 is 11.5. The summed E-state index contributed by atoms with van der Waals surface area (Å²) in [5, 5.41) is 0. The fourth-order valence-corrected chi connectivity index (χ4v) is 1.76. The van der Waals surface area contributed by atoms with E-state index in [-0.39, 0.29) is 12.1 Å². The highest BCUT2D eigenvalue weighted by molar-refractivity contribution is 5.10. The molecule has 3 heteroatoms. The van der Waals surface area contributed by atoms with Crippen LogP contribution in [0.2, 0.25) is 0 Å². The van der Waals surface area contributed by atoms with Crippen LogP contribution in [0.1, 0.15) is 43.8 Å². The number of rotatable bonds is 6. The van der Waals surface area contributed by atoms with Crippen LogP contribution < -0.4 is 5.73 Å². The van der Waals surface area contributed by atoms with E-state index in [4.69, 9.17) is 14.9 Å². The SMILES string of the molecule is CCC(N)C(OCC1CC1)c1ccc(C)o1. The van der Waals surface area contributed by atoms with Gasteiger partial charge in [-0.25, -0.2) is 0 Å². The van der Waals surface area contributed by atoms with E-state index in [2.05, 4.69) is 6.92 Å². The number of nitrogens with two attached hydrogens (primary N) is 1. The van der Waals surface area contributed by atoms with E-state index >= 15 is 0 Å². The van der Waals surface area contributed by atoms with E-state index in [0.717, 1.165) is 30.5 Å². The highest BCUT2D eigenvalue weighted by atomic mass is 16.5. The summed E-state index contributed by atoms with van der Waals surface area (Å²) in [6.45, 7) is 4.84. The second-order valence-electron chi connectivity index (χ2n) is 4.72. The molecule has 1 aliphatic carbocycles. The van der Waals surface area contributed by atoms with Crippen LogP contribution in [0.25, 0.3) is 0 Å². The standard InChI is InChI=1S/C13H21NO2/c1-3-11(14)13(15-8-10-5-6-10)12-7-4-9(2)16-12/h4,7,10-11,13H,3,5-6,8,14H2,1-2H3. The van der Waals surface area contributed by atoms with E-state index in [1.807, 2.05) is 19.1 Å². The van der Waals surface area contributed by atoms with Gasteiger partial charge in [-0.3, -0.25) is 0 Å². The Balaban J connectivity index is 2.00. The molecule has 2 atom stereocenters. The molecule has 1 heterocycles. The molecule has 2 unspecified atom stereocenters. The van der Waals surface area contributed by atoms with Crippen molar-refractivity contribution in [3.8, 4) is 0 Å². The summed E-state index contributed by atoms with van der Waals surface area (Å²) in [6.07, 6.45) is 3.41. The maximum Gasteiger partial charge on any atom is 0.134 e. The fourth-order valence-electron chi connectivity index (χ4n) is 1.76. The first-order chi connectivity index (χ1) is 7.70. The van der Waals surface area contributed by atoms with Gasteiger partial charge in [0.2, 0.25) is 0 Å². The molecule has 2 rings (SSSR count). The third-order valence-electron chi connectivity index (χ3n) is 3.11. The molecular formula is C13H21NO2. The van der Waals surface area contributed by atoms with Crippen molar-refractivity contribution >= 4 is 0 Å². The van der Waals surface area contributed by atoms with Crippen LogP contribution in [0.4, 0.5) is 0 Å². The highest BCUT2D eigenvalue weighted by Crippen LogP contribution is 2.32. The maximum atomic E-state index is 6.08. The van der Waals surface area contributed by atoms with Gasteiger partial charge >= 0.3 is 0 Å². The molecule has 1 saturated carbocycles. The Labute approximate surface area is 97.0 Å². The summed E-state index contributed by atoms with van der Waals surface area (Å²) in [5.41, 5.74) is 6.08. The Morgan fingerprint density at radius 3 is 2.75 bits per heavy atom. The zero-order chi connectivity index (χ0) is 11.5. The molecule has 0 amide bonds. The zero-order valence-corrected chi connectivity index (χ0v) is 10.1. The number of aryl methyl sites for hydroxylation is 1. The predicted molar refractivity (Wildman–Crippen MR) is 63.1 cm³/mol. The first kappa shape index (κ1) is 11.7. The van der Waals surface area contributed by atoms with Crippen molar-refractivity contribution in [2.45, 2.75) is 45.3 Å². The van der Waals surface area contributed by atoms with Gasteiger partial charge in [0.05, 0.1) is 6.61 Å². The Morgan fingerprint density at radius 1 is 1.50 bits per heavy atom. The van der Waals surface area contributed by atoms with Crippen molar-refractivity contribution in [2.24, 2.45) is 11.7 Å². The average molecular weight is 223 g/mol. The minimum absolute atomic E-state index is 0.0179. The molecule has 0 spiro atoms. The lowest BCUT2D eigenvalue weighted by atomic mass is 10.1. The molecule has 1 aromatic rings. The summed E-state index contributed by atoms with van der Waals surface area (Å²) in [5.74, 6) is 2.54. The molecule has 1 fully saturated rings. The number of ether oxygens (including phenoxy) is 1. The van der Waals surface area contributed by atoms with E-state index < -0.39 is 0 Å². The summed E-state index contributed by atoms with van der Waals surface area (Å²) in [6, 6.07) is 3.96. The van der Waals surface area contributed by atoms with Gasteiger partial charge in [0, 0.05) is 6.04 Å². The van der Waals surface area contributed by atoms with E-state index in [1.165, 1.54) is 12.8 Å². The van der Waals surface area contributed by atoms with Crippen LogP contribution in [-0.2, 0) is 4.74 Å². The maximum absolute atomic E-state index is 6.08. The third-order valence-corrected chi connectivity index (χ3v) is 3.11. The normalized spacial score (nSPS) is 19.7. The van der Waals surface area contributed by atoms with Crippen molar-refractivity contribution in [3.63, 3.8) is 0 Å². The lowest BCUT2D eigenvalue weighted by Gasteiger charge is -2.21. The minimum atomic E-state index is -0.0840. The van der Waals surface area contributed by atoms with E-state index in [9.17, 15) is 0 Å². The van der Waals surface area contributed by atoms with Crippen molar-refractivity contribution in [2.75, 3.05) is 6.61 Å². The third kappa shape index (κ3) is 2.86. The molecule has 0 bridgehead atoms. The Bertz CT molecular complexity index is 330. The van der Waals surface area contributed by atoms with Crippen LogP contribution in [0.15, 0.2) is 16.5 Å². The van der Waals surface area contributed by atoms with Gasteiger partial charge < -0.3 is 14.9 Å². The molecular weight excluding hydrogens is 202 g/mol. The molecule has 1 aliphatic rings. The smallest absolute Gasteiger partial charge is 0.134 e. The van der Waals surface area contributed by atoms with Gasteiger partial charge in [-0.1, -0.05) is 6.92 Å². The van der Waals surface area contributed by atoms with Gasteiger partial charge in [0.15, 0.2) is 0 Å². The second kappa shape index (κ2) is 5.02. The Morgan fingerprint density at radius 2 is 2.25 bits per heavy atom. The van der Waals surface area contributed by atoms with Crippen LogP contribution >= 0.6 is 0 Å². The summed E-state index contributed by atoms with van der Waals surface area (Å²) >= 11 is 0. The minimum Gasteiger partial charge on any atom is -0.464 e. The van der Waals surface area contributed by atoms with Crippen LogP contribution in [0.3, 0.4) is 0 Å². The average Bonchev–Trinajstić information content (AvgIpc) is 3.01. The molecule has 1 aromatic heterocycles. The summed E-state index contributed by atoms with van der Waals surface area (Å²) in [4.78, 5) is 0. The lowest BCUT2D eigenvalue weighted by molar-refractivity contribution is 0.0126. The topological polar surface area (TPSA) is 48.4 Å². The Kier molecular flexibility index (Phi) is 3.66. The predicted octanol–water partition coefficient (Wildman–Crippen LogP) is 2.79. The van der Waals surface area contributed by atoms with Crippen molar-refractivity contribution in [3.05, 3.63) is 23.7 Å². The second-order valence-corrected chi connectivity index (χ2v) is 4.72. The number of furan rings is 1. The van der Waals surface area contributed by atoms with Crippen LogP contribution in [0, 0.1) is 12.8 Å². The highest BCUT2D eigenvalue weighted by Gasteiger charge is 2.27. The molecule has 0 radical (unpaired) electrons. The van der Waals surface area contributed by atoms with Gasteiger partial charge in [-0.05, 0) is 44.2 Å². The molecule has 0 aliphatic heterocycles. The summed E-state index contributed by atoms with van der Waals surface area (Å²) in [7, 11) is 0. The molecule has 3 nitrogen and oxygen atoms in total. The van der Waals surface area contributed by atoms with Gasteiger partial charge in [-0.15, -0.1) is 0 Å². The van der Waals surface area contributed by atoms with Gasteiger partial charge in [0.1, 0.15) is 17.6 Å². The largest absolute Gasteiger partial charge is 0.464 e.